The summed E-state index contributed by atoms with van der Waals surface area (Å²) in [7, 11) is 0. The lowest BCUT2D eigenvalue weighted by molar-refractivity contribution is -0.137. The van der Waals surface area contributed by atoms with Crippen LogP contribution in [0.15, 0.2) is 54.6 Å². The predicted molar refractivity (Wildman–Crippen MR) is 70.4 cm³/mol. The van der Waals surface area contributed by atoms with Gasteiger partial charge in [0.2, 0.25) is 0 Å². The van der Waals surface area contributed by atoms with Gasteiger partial charge in [0.25, 0.3) is 5.91 Å². The minimum Gasteiger partial charge on any atom is -0.268 e. The third-order valence-corrected chi connectivity index (χ3v) is 2.77. The first-order chi connectivity index (χ1) is 9.95. The molecule has 2 rings (SSSR count). The number of amides is 2. The van der Waals surface area contributed by atoms with Crippen LogP contribution in [0, 0.1) is 0 Å². The molecule has 0 unspecified atom stereocenters. The second kappa shape index (κ2) is 5.78. The molecule has 21 heavy (non-hydrogen) atoms. The van der Waals surface area contributed by atoms with Gasteiger partial charge in [-0.25, -0.2) is 4.90 Å². The SMILES string of the molecule is O=[C]N(C(=O)c1ccccc1C(F)(F)F)c1ccccc1. The van der Waals surface area contributed by atoms with Crippen LogP contribution in [-0.4, -0.2) is 12.3 Å². The van der Waals surface area contributed by atoms with Gasteiger partial charge in [0.05, 0.1) is 16.8 Å². The monoisotopic (exact) mass is 292 g/mol. The lowest BCUT2D eigenvalue weighted by Crippen LogP contribution is -2.31. The minimum atomic E-state index is -4.68. The Morgan fingerprint density at radius 3 is 2.10 bits per heavy atom. The molecule has 2 aromatic rings. The van der Waals surface area contributed by atoms with Gasteiger partial charge in [-0.2, -0.15) is 13.2 Å². The van der Waals surface area contributed by atoms with Crippen LogP contribution in [0.3, 0.4) is 0 Å². The standard InChI is InChI=1S/C15H9F3NO2/c16-15(17,18)13-9-5-4-8-12(13)14(21)19(10-20)11-6-2-1-3-7-11/h1-9H. The summed E-state index contributed by atoms with van der Waals surface area (Å²) >= 11 is 0. The van der Waals surface area contributed by atoms with E-state index < -0.39 is 23.2 Å². The summed E-state index contributed by atoms with van der Waals surface area (Å²) in [5, 5.41) is 0. The van der Waals surface area contributed by atoms with Crippen molar-refractivity contribution in [3.8, 4) is 0 Å². The lowest BCUT2D eigenvalue weighted by atomic mass is 10.1. The third-order valence-electron chi connectivity index (χ3n) is 2.77. The molecule has 0 saturated carbocycles. The fraction of sp³-hybridized carbons (Fsp3) is 0.0667. The van der Waals surface area contributed by atoms with Crippen LogP contribution in [0.1, 0.15) is 15.9 Å². The number of hydrogen-bond donors (Lipinski definition) is 0. The normalized spacial score (nSPS) is 11.0. The fourth-order valence-corrected chi connectivity index (χ4v) is 1.83. The molecule has 0 bridgehead atoms. The van der Waals surface area contributed by atoms with Crippen LogP contribution in [0.25, 0.3) is 0 Å². The highest BCUT2D eigenvalue weighted by Crippen LogP contribution is 2.32. The Balaban J connectivity index is 2.47. The van der Waals surface area contributed by atoms with Crippen molar-refractivity contribution in [1.29, 1.82) is 0 Å². The van der Waals surface area contributed by atoms with Gasteiger partial charge in [0, 0.05) is 0 Å². The Morgan fingerprint density at radius 1 is 0.952 bits per heavy atom. The molecule has 0 fully saturated rings. The molecule has 2 aromatic carbocycles. The average molecular weight is 292 g/mol. The van der Waals surface area contributed by atoms with E-state index in [2.05, 4.69) is 0 Å². The molecule has 2 amide bonds. The number of rotatable bonds is 3. The quantitative estimate of drug-likeness (QED) is 0.813. The van der Waals surface area contributed by atoms with E-state index in [1.165, 1.54) is 30.7 Å². The smallest absolute Gasteiger partial charge is 0.268 e. The first-order valence-corrected chi connectivity index (χ1v) is 5.88. The molecule has 0 spiro atoms. The highest BCUT2D eigenvalue weighted by molar-refractivity contribution is 6.16. The maximum absolute atomic E-state index is 12.9. The highest BCUT2D eigenvalue weighted by atomic mass is 19.4. The van der Waals surface area contributed by atoms with E-state index in [4.69, 9.17) is 0 Å². The van der Waals surface area contributed by atoms with E-state index in [1.54, 1.807) is 18.2 Å². The molecule has 0 atom stereocenters. The van der Waals surface area contributed by atoms with Crippen LogP contribution in [-0.2, 0) is 11.0 Å². The van der Waals surface area contributed by atoms with E-state index in [0.717, 1.165) is 12.1 Å². The van der Waals surface area contributed by atoms with Crippen molar-refractivity contribution in [1.82, 2.24) is 0 Å². The zero-order valence-electron chi connectivity index (χ0n) is 10.6. The zero-order valence-corrected chi connectivity index (χ0v) is 10.6. The van der Waals surface area contributed by atoms with Crippen LogP contribution in [0.5, 0.6) is 0 Å². The molecular weight excluding hydrogens is 283 g/mol. The molecular formula is C15H9F3NO2. The first-order valence-electron chi connectivity index (χ1n) is 5.88. The predicted octanol–water partition coefficient (Wildman–Crippen LogP) is 3.42. The maximum atomic E-state index is 12.9. The molecule has 0 aliphatic heterocycles. The number of anilines is 1. The number of benzene rings is 2. The van der Waals surface area contributed by atoms with E-state index in [1.807, 2.05) is 0 Å². The van der Waals surface area contributed by atoms with Gasteiger partial charge in [-0.3, -0.25) is 9.59 Å². The molecule has 0 saturated heterocycles. The number of alkyl halides is 3. The topological polar surface area (TPSA) is 37.4 Å². The second-order valence-corrected chi connectivity index (χ2v) is 4.11. The molecule has 0 aliphatic carbocycles. The summed E-state index contributed by atoms with van der Waals surface area (Å²) in [6.07, 6.45) is -3.32. The molecule has 0 aliphatic rings. The molecule has 0 aromatic heterocycles. The molecule has 6 heteroatoms. The van der Waals surface area contributed by atoms with E-state index >= 15 is 0 Å². The highest BCUT2D eigenvalue weighted by Gasteiger charge is 2.36. The Morgan fingerprint density at radius 2 is 1.52 bits per heavy atom. The van der Waals surface area contributed by atoms with Gasteiger partial charge >= 0.3 is 12.6 Å². The van der Waals surface area contributed by atoms with Gasteiger partial charge < -0.3 is 0 Å². The third kappa shape index (κ3) is 3.10. The van der Waals surface area contributed by atoms with Gasteiger partial charge in [-0.05, 0) is 24.3 Å². The molecule has 0 N–H and O–H groups in total. The number of nitrogens with zero attached hydrogens (tertiary/aromatic N) is 1. The summed E-state index contributed by atoms with van der Waals surface area (Å²) in [4.78, 5) is 23.7. The van der Waals surface area contributed by atoms with E-state index in [9.17, 15) is 22.8 Å². The summed E-state index contributed by atoms with van der Waals surface area (Å²) in [6, 6.07) is 11.9. The number of carbonyl (C=O) groups excluding carboxylic acids is 2. The Labute approximate surface area is 118 Å². The van der Waals surface area contributed by atoms with Crippen molar-refractivity contribution in [2.45, 2.75) is 6.18 Å². The second-order valence-electron chi connectivity index (χ2n) is 4.11. The number of imide groups is 1. The Hall–Kier alpha value is -2.63. The molecule has 107 valence electrons. The molecule has 3 nitrogen and oxygen atoms in total. The molecule has 1 radical (unpaired) electrons. The first kappa shape index (κ1) is 14.8. The minimum absolute atomic E-state index is 0.148. The largest absolute Gasteiger partial charge is 0.417 e. The molecule has 0 heterocycles. The van der Waals surface area contributed by atoms with Crippen LogP contribution < -0.4 is 4.90 Å². The Bertz CT molecular complexity index is 653. The summed E-state index contributed by atoms with van der Waals surface area (Å²) in [6.45, 7) is 0. The zero-order chi connectivity index (χ0) is 15.5. The average Bonchev–Trinajstić information content (AvgIpc) is 2.48. The van der Waals surface area contributed by atoms with Crippen molar-refractivity contribution >= 4 is 18.0 Å². The maximum Gasteiger partial charge on any atom is 0.417 e. The van der Waals surface area contributed by atoms with Gasteiger partial charge in [0.1, 0.15) is 0 Å². The van der Waals surface area contributed by atoms with Crippen molar-refractivity contribution in [3.63, 3.8) is 0 Å². The number of halogens is 3. The van der Waals surface area contributed by atoms with E-state index in [0.29, 0.717) is 4.90 Å². The van der Waals surface area contributed by atoms with Gasteiger partial charge in [-0.15, -0.1) is 0 Å². The van der Waals surface area contributed by atoms with Crippen LogP contribution in [0.2, 0.25) is 0 Å². The lowest BCUT2D eigenvalue weighted by Gasteiger charge is -2.17. The van der Waals surface area contributed by atoms with Gasteiger partial charge in [0.15, 0.2) is 0 Å². The summed E-state index contributed by atoms with van der Waals surface area (Å²) in [5.41, 5.74) is -1.54. The van der Waals surface area contributed by atoms with Crippen LogP contribution >= 0.6 is 0 Å². The number of para-hydroxylation sites is 1. The fourth-order valence-electron chi connectivity index (χ4n) is 1.83. The summed E-state index contributed by atoms with van der Waals surface area (Å²) < 4.78 is 38.7. The van der Waals surface area contributed by atoms with Crippen molar-refractivity contribution in [3.05, 3.63) is 65.7 Å². The number of hydrogen-bond acceptors (Lipinski definition) is 2. The van der Waals surface area contributed by atoms with Crippen molar-refractivity contribution < 1.29 is 22.8 Å². The van der Waals surface area contributed by atoms with Gasteiger partial charge in [-0.1, -0.05) is 30.3 Å². The van der Waals surface area contributed by atoms with Crippen molar-refractivity contribution in [2.75, 3.05) is 4.90 Å². The Kier molecular flexibility index (Phi) is 4.07. The summed E-state index contributed by atoms with van der Waals surface area (Å²) in [5.74, 6) is -1.08. The van der Waals surface area contributed by atoms with Crippen LogP contribution in [0.4, 0.5) is 18.9 Å². The van der Waals surface area contributed by atoms with E-state index in [-0.39, 0.29) is 5.69 Å². The van der Waals surface area contributed by atoms with Crippen molar-refractivity contribution in [2.24, 2.45) is 0 Å². The number of carbonyl (C=O) groups is 1.